The normalized spacial score (nSPS) is 29.7. The van der Waals surface area contributed by atoms with Crippen LogP contribution in [-0.2, 0) is 16.1 Å². The molecule has 2 heterocycles. The van der Waals surface area contributed by atoms with Crippen LogP contribution in [0.2, 0.25) is 0 Å². The second-order valence-corrected chi connectivity index (χ2v) is 6.38. The molecule has 2 fully saturated rings. The van der Waals surface area contributed by atoms with Crippen LogP contribution in [0, 0.1) is 19.8 Å². The summed E-state index contributed by atoms with van der Waals surface area (Å²) in [5.41, 5.74) is 0.900. The van der Waals surface area contributed by atoms with Crippen molar-refractivity contribution in [3.05, 3.63) is 17.0 Å². The SMILES string of the molecule is Cc1noc(C)c1CN1C(=O)C(C)(C2CC2)NC(=O)C1C. The zero-order valence-corrected chi connectivity index (χ0v) is 12.9. The second kappa shape index (κ2) is 4.58. The van der Waals surface area contributed by atoms with Gasteiger partial charge < -0.3 is 14.7 Å². The van der Waals surface area contributed by atoms with Crippen LogP contribution in [0.15, 0.2) is 4.52 Å². The fourth-order valence-corrected chi connectivity index (χ4v) is 3.07. The molecule has 1 N–H and O–H groups in total. The van der Waals surface area contributed by atoms with Gasteiger partial charge >= 0.3 is 0 Å². The van der Waals surface area contributed by atoms with Crippen molar-refractivity contribution in [3.63, 3.8) is 0 Å². The molecule has 2 aliphatic rings. The van der Waals surface area contributed by atoms with Crippen LogP contribution in [0.3, 0.4) is 0 Å². The molecule has 1 saturated heterocycles. The molecule has 2 amide bonds. The Kier molecular flexibility index (Phi) is 3.07. The molecule has 6 nitrogen and oxygen atoms in total. The van der Waals surface area contributed by atoms with Crippen molar-refractivity contribution < 1.29 is 14.1 Å². The summed E-state index contributed by atoms with van der Waals surface area (Å²) < 4.78 is 5.16. The summed E-state index contributed by atoms with van der Waals surface area (Å²) in [5, 5.41) is 6.84. The standard InChI is InChI=1S/C15H21N3O3/c1-8-12(10(3)21-17-8)7-18-9(2)13(19)16-15(4,14(18)20)11-5-6-11/h9,11H,5-7H2,1-4H3,(H,16,19). The van der Waals surface area contributed by atoms with Crippen LogP contribution in [0.25, 0.3) is 0 Å². The number of amides is 2. The van der Waals surface area contributed by atoms with Crippen LogP contribution in [0.4, 0.5) is 0 Å². The first-order valence-electron chi connectivity index (χ1n) is 7.39. The van der Waals surface area contributed by atoms with Gasteiger partial charge in [-0.25, -0.2) is 0 Å². The highest BCUT2D eigenvalue weighted by atomic mass is 16.5. The maximum Gasteiger partial charge on any atom is 0.249 e. The van der Waals surface area contributed by atoms with E-state index >= 15 is 0 Å². The molecule has 2 unspecified atom stereocenters. The fraction of sp³-hybridized carbons (Fsp3) is 0.667. The van der Waals surface area contributed by atoms with Gasteiger partial charge in [0, 0.05) is 5.56 Å². The van der Waals surface area contributed by atoms with Crippen molar-refractivity contribution in [1.29, 1.82) is 0 Å². The van der Waals surface area contributed by atoms with Gasteiger partial charge in [-0.05, 0) is 46.5 Å². The van der Waals surface area contributed by atoms with Crippen LogP contribution in [-0.4, -0.2) is 33.5 Å². The van der Waals surface area contributed by atoms with Crippen molar-refractivity contribution in [3.8, 4) is 0 Å². The summed E-state index contributed by atoms with van der Waals surface area (Å²) in [6.07, 6.45) is 1.99. The van der Waals surface area contributed by atoms with Crippen molar-refractivity contribution in [2.75, 3.05) is 0 Å². The Morgan fingerprint density at radius 2 is 2.05 bits per heavy atom. The third-order valence-corrected chi connectivity index (χ3v) is 4.84. The lowest BCUT2D eigenvalue weighted by atomic mass is 9.89. The van der Waals surface area contributed by atoms with E-state index < -0.39 is 11.6 Å². The molecule has 1 saturated carbocycles. The molecule has 114 valence electrons. The van der Waals surface area contributed by atoms with Crippen molar-refractivity contribution in [2.45, 2.75) is 58.7 Å². The Hall–Kier alpha value is -1.85. The maximum absolute atomic E-state index is 12.9. The Morgan fingerprint density at radius 3 is 2.57 bits per heavy atom. The van der Waals surface area contributed by atoms with Gasteiger partial charge in [0.15, 0.2) is 0 Å². The molecule has 1 aromatic heterocycles. The number of aryl methyl sites for hydroxylation is 2. The molecule has 1 aromatic rings. The molecule has 1 aliphatic heterocycles. The number of carbonyl (C=O) groups excluding carboxylic acids is 2. The molecule has 0 bridgehead atoms. The summed E-state index contributed by atoms with van der Waals surface area (Å²) in [6, 6.07) is -0.474. The molecule has 21 heavy (non-hydrogen) atoms. The number of rotatable bonds is 3. The van der Waals surface area contributed by atoms with Gasteiger partial charge in [0.05, 0.1) is 12.2 Å². The molecule has 1 aliphatic carbocycles. The lowest BCUT2D eigenvalue weighted by Gasteiger charge is -2.43. The first-order chi connectivity index (χ1) is 9.84. The van der Waals surface area contributed by atoms with Crippen LogP contribution in [0.1, 0.15) is 43.7 Å². The van der Waals surface area contributed by atoms with Gasteiger partial charge in [0.2, 0.25) is 11.8 Å². The van der Waals surface area contributed by atoms with E-state index in [1.807, 2.05) is 20.8 Å². The molecule has 0 spiro atoms. The number of nitrogens with one attached hydrogen (secondary N) is 1. The number of carbonyl (C=O) groups is 2. The summed E-state index contributed by atoms with van der Waals surface area (Å²) >= 11 is 0. The lowest BCUT2D eigenvalue weighted by molar-refractivity contribution is -0.155. The van der Waals surface area contributed by atoms with Crippen molar-refractivity contribution >= 4 is 11.8 Å². The first-order valence-corrected chi connectivity index (χ1v) is 7.39. The molecular formula is C15H21N3O3. The van der Waals surface area contributed by atoms with Gasteiger partial charge in [-0.1, -0.05) is 5.16 Å². The predicted octanol–water partition coefficient (Wildman–Crippen LogP) is 1.31. The molecular weight excluding hydrogens is 270 g/mol. The average Bonchev–Trinajstić information content (AvgIpc) is 3.23. The van der Waals surface area contributed by atoms with Crippen molar-refractivity contribution in [1.82, 2.24) is 15.4 Å². The van der Waals surface area contributed by atoms with E-state index in [1.54, 1.807) is 11.8 Å². The summed E-state index contributed by atoms with van der Waals surface area (Å²) in [6.45, 7) is 7.66. The van der Waals surface area contributed by atoms with Gasteiger partial charge in [-0.3, -0.25) is 9.59 Å². The number of hydrogen-bond donors (Lipinski definition) is 1. The van der Waals surface area contributed by atoms with E-state index in [2.05, 4.69) is 10.5 Å². The van der Waals surface area contributed by atoms with E-state index in [9.17, 15) is 9.59 Å². The Bertz CT molecular complexity index is 586. The van der Waals surface area contributed by atoms with E-state index in [0.717, 1.165) is 24.1 Å². The van der Waals surface area contributed by atoms with E-state index in [0.29, 0.717) is 12.3 Å². The third kappa shape index (κ3) is 2.13. The summed E-state index contributed by atoms with van der Waals surface area (Å²) in [7, 11) is 0. The van der Waals surface area contributed by atoms with Crippen LogP contribution in [0.5, 0.6) is 0 Å². The Labute approximate surface area is 123 Å². The number of nitrogens with zero attached hydrogens (tertiary/aromatic N) is 2. The smallest absolute Gasteiger partial charge is 0.249 e. The zero-order chi connectivity index (χ0) is 15.4. The van der Waals surface area contributed by atoms with Crippen molar-refractivity contribution in [2.24, 2.45) is 5.92 Å². The number of aromatic nitrogens is 1. The quantitative estimate of drug-likeness (QED) is 0.911. The minimum atomic E-state index is -0.761. The van der Waals surface area contributed by atoms with E-state index in [-0.39, 0.29) is 17.7 Å². The number of piperazine rings is 1. The fourth-order valence-electron chi connectivity index (χ4n) is 3.07. The molecule has 0 aromatic carbocycles. The Balaban J connectivity index is 1.91. The topological polar surface area (TPSA) is 75.4 Å². The summed E-state index contributed by atoms with van der Waals surface area (Å²) in [5.74, 6) is 0.869. The van der Waals surface area contributed by atoms with Gasteiger partial charge in [0.25, 0.3) is 0 Å². The highest BCUT2D eigenvalue weighted by Crippen LogP contribution is 2.42. The molecule has 6 heteroatoms. The zero-order valence-electron chi connectivity index (χ0n) is 12.9. The highest BCUT2D eigenvalue weighted by Gasteiger charge is 2.54. The van der Waals surface area contributed by atoms with E-state index in [4.69, 9.17) is 4.52 Å². The number of hydrogen-bond acceptors (Lipinski definition) is 4. The highest BCUT2D eigenvalue weighted by molar-refractivity contribution is 5.99. The third-order valence-electron chi connectivity index (χ3n) is 4.84. The second-order valence-electron chi connectivity index (χ2n) is 6.38. The van der Waals surface area contributed by atoms with Crippen LogP contribution >= 0.6 is 0 Å². The molecule has 0 radical (unpaired) electrons. The van der Waals surface area contributed by atoms with Gasteiger partial charge in [-0.2, -0.15) is 0 Å². The average molecular weight is 291 g/mol. The Morgan fingerprint density at radius 1 is 1.38 bits per heavy atom. The maximum atomic E-state index is 12.9. The minimum absolute atomic E-state index is 0.00269. The lowest BCUT2D eigenvalue weighted by Crippen LogP contribution is -2.69. The summed E-state index contributed by atoms with van der Waals surface area (Å²) in [4.78, 5) is 26.8. The minimum Gasteiger partial charge on any atom is -0.361 e. The van der Waals surface area contributed by atoms with Crippen LogP contribution < -0.4 is 5.32 Å². The van der Waals surface area contributed by atoms with Gasteiger partial charge in [0.1, 0.15) is 17.3 Å². The van der Waals surface area contributed by atoms with Gasteiger partial charge in [-0.15, -0.1) is 0 Å². The molecule has 2 atom stereocenters. The first kappa shape index (κ1) is 14.1. The largest absolute Gasteiger partial charge is 0.361 e. The monoisotopic (exact) mass is 291 g/mol. The van der Waals surface area contributed by atoms with E-state index in [1.165, 1.54) is 0 Å². The molecule has 3 rings (SSSR count). The predicted molar refractivity (Wildman–Crippen MR) is 75.3 cm³/mol.